The third kappa shape index (κ3) is 1.99. The van der Waals surface area contributed by atoms with Gasteiger partial charge in [-0.1, -0.05) is 23.4 Å². The summed E-state index contributed by atoms with van der Waals surface area (Å²) in [5.74, 6) is 0.237. The normalized spacial score (nSPS) is 11.6. The Morgan fingerprint density at radius 2 is 2.08 bits per heavy atom. The van der Waals surface area contributed by atoms with Crippen LogP contribution in [0.1, 0.15) is 12.5 Å². The molecule has 0 aliphatic carbocycles. The van der Waals surface area contributed by atoms with E-state index in [1.807, 2.05) is 6.07 Å². The van der Waals surface area contributed by atoms with Crippen molar-refractivity contribution >= 4 is 5.71 Å². The Balaban J connectivity index is 2.82. The molecule has 0 spiro atoms. The van der Waals surface area contributed by atoms with Gasteiger partial charge >= 0.3 is 0 Å². The van der Waals surface area contributed by atoms with E-state index in [0.717, 1.165) is 5.56 Å². The predicted molar refractivity (Wildman–Crippen MR) is 46.7 cm³/mol. The fourth-order valence-corrected chi connectivity index (χ4v) is 0.971. The van der Waals surface area contributed by atoms with Crippen LogP contribution in [0.3, 0.4) is 0 Å². The first-order valence-corrected chi connectivity index (χ1v) is 3.68. The maximum Gasteiger partial charge on any atom is 0.119 e. The first kappa shape index (κ1) is 8.59. The summed E-state index contributed by atoms with van der Waals surface area (Å²) < 4.78 is 0. The van der Waals surface area contributed by atoms with Gasteiger partial charge in [0.2, 0.25) is 0 Å². The second-order valence-corrected chi connectivity index (χ2v) is 2.64. The minimum Gasteiger partial charge on any atom is -0.508 e. The molecule has 0 bridgehead atoms. The first-order chi connectivity index (χ1) is 5.74. The number of para-hydroxylation sites is 1. The van der Waals surface area contributed by atoms with Crippen LogP contribution in [0.25, 0.3) is 0 Å². The molecule has 3 heteroatoms. The molecule has 1 aromatic carbocycles. The summed E-state index contributed by atoms with van der Waals surface area (Å²) in [5, 5.41) is 20.7. The maximum absolute atomic E-state index is 9.32. The van der Waals surface area contributed by atoms with E-state index in [9.17, 15) is 5.11 Å². The van der Waals surface area contributed by atoms with Crippen molar-refractivity contribution in [3.63, 3.8) is 0 Å². The number of oxime groups is 1. The van der Waals surface area contributed by atoms with Gasteiger partial charge < -0.3 is 10.3 Å². The summed E-state index contributed by atoms with van der Waals surface area (Å²) in [4.78, 5) is 0. The Morgan fingerprint density at radius 3 is 2.67 bits per heavy atom. The summed E-state index contributed by atoms with van der Waals surface area (Å²) in [6.45, 7) is 1.70. The van der Waals surface area contributed by atoms with Crippen LogP contribution in [0, 0.1) is 0 Å². The Kier molecular flexibility index (Phi) is 2.69. The molecular formula is C9H11NO2. The van der Waals surface area contributed by atoms with Crippen LogP contribution >= 0.6 is 0 Å². The molecule has 0 unspecified atom stereocenters. The molecule has 0 aliphatic rings. The summed E-state index contributed by atoms with van der Waals surface area (Å²) in [7, 11) is 0. The van der Waals surface area contributed by atoms with Crippen LogP contribution in [0.2, 0.25) is 0 Å². The monoisotopic (exact) mass is 165 g/mol. The van der Waals surface area contributed by atoms with Crippen LogP contribution in [0.15, 0.2) is 29.4 Å². The summed E-state index contributed by atoms with van der Waals surface area (Å²) >= 11 is 0. The van der Waals surface area contributed by atoms with E-state index in [1.54, 1.807) is 25.1 Å². The zero-order valence-electron chi connectivity index (χ0n) is 6.86. The number of nitrogens with zero attached hydrogens (tertiary/aromatic N) is 1. The Hall–Kier alpha value is -1.51. The van der Waals surface area contributed by atoms with E-state index in [0.29, 0.717) is 12.1 Å². The lowest BCUT2D eigenvalue weighted by Crippen LogP contribution is -1.97. The van der Waals surface area contributed by atoms with Crippen LogP contribution in [-0.4, -0.2) is 16.0 Å². The lowest BCUT2D eigenvalue weighted by molar-refractivity contribution is 0.317. The lowest BCUT2D eigenvalue weighted by Gasteiger charge is -2.01. The van der Waals surface area contributed by atoms with Gasteiger partial charge in [0.25, 0.3) is 0 Å². The van der Waals surface area contributed by atoms with Gasteiger partial charge in [-0.3, -0.25) is 0 Å². The molecule has 0 fully saturated rings. The van der Waals surface area contributed by atoms with Crippen molar-refractivity contribution in [3.8, 4) is 5.75 Å². The number of benzene rings is 1. The third-order valence-corrected chi connectivity index (χ3v) is 1.61. The van der Waals surface area contributed by atoms with E-state index in [2.05, 4.69) is 5.16 Å². The molecule has 0 atom stereocenters. The zero-order chi connectivity index (χ0) is 8.97. The topological polar surface area (TPSA) is 52.8 Å². The summed E-state index contributed by atoms with van der Waals surface area (Å²) in [6.07, 6.45) is 0.475. The smallest absolute Gasteiger partial charge is 0.119 e. The van der Waals surface area contributed by atoms with E-state index >= 15 is 0 Å². The van der Waals surface area contributed by atoms with Crippen molar-refractivity contribution in [3.05, 3.63) is 29.8 Å². The average Bonchev–Trinajstić information content (AvgIpc) is 2.09. The predicted octanol–water partition coefficient (Wildman–Crippen LogP) is 1.78. The minimum atomic E-state index is 0.237. The van der Waals surface area contributed by atoms with E-state index in [1.165, 1.54) is 0 Å². The number of phenolic OH excluding ortho intramolecular Hbond substituents is 1. The molecule has 1 aromatic rings. The molecule has 0 heterocycles. The third-order valence-electron chi connectivity index (χ3n) is 1.61. The SMILES string of the molecule is CC(Cc1ccccc1O)=NO. The fourth-order valence-electron chi connectivity index (χ4n) is 0.971. The van der Waals surface area contributed by atoms with Crippen molar-refractivity contribution in [2.75, 3.05) is 0 Å². The number of rotatable bonds is 2. The van der Waals surface area contributed by atoms with Gasteiger partial charge in [-0.25, -0.2) is 0 Å². The highest BCUT2D eigenvalue weighted by atomic mass is 16.4. The van der Waals surface area contributed by atoms with Crippen LogP contribution in [0.5, 0.6) is 5.75 Å². The van der Waals surface area contributed by atoms with Crippen molar-refractivity contribution in [1.82, 2.24) is 0 Å². The highest BCUT2D eigenvalue weighted by Crippen LogP contribution is 2.16. The van der Waals surface area contributed by atoms with E-state index in [4.69, 9.17) is 5.21 Å². The van der Waals surface area contributed by atoms with Crippen molar-refractivity contribution < 1.29 is 10.3 Å². The summed E-state index contributed by atoms with van der Waals surface area (Å²) in [5.41, 5.74) is 1.35. The molecule has 64 valence electrons. The van der Waals surface area contributed by atoms with Gasteiger partial charge in [0.1, 0.15) is 5.75 Å². The average molecular weight is 165 g/mol. The highest BCUT2D eigenvalue weighted by molar-refractivity contribution is 5.84. The highest BCUT2D eigenvalue weighted by Gasteiger charge is 2.00. The van der Waals surface area contributed by atoms with E-state index in [-0.39, 0.29) is 5.75 Å². The Bertz CT molecular complexity index is 294. The molecule has 0 aromatic heterocycles. The largest absolute Gasteiger partial charge is 0.508 e. The number of hydrogen-bond acceptors (Lipinski definition) is 3. The minimum absolute atomic E-state index is 0.237. The second-order valence-electron chi connectivity index (χ2n) is 2.64. The van der Waals surface area contributed by atoms with Gasteiger partial charge in [0.05, 0.1) is 5.71 Å². The fraction of sp³-hybridized carbons (Fsp3) is 0.222. The van der Waals surface area contributed by atoms with Gasteiger partial charge in [-0.05, 0) is 18.6 Å². The molecule has 1 rings (SSSR count). The number of aromatic hydroxyl groups is 1. The van der Waals surface area contributed by atoms with Crippen molar-refractivity contribution in [1.29, 1.82) is 0 Å². The molecular weight excluding hydrogens is 154 g/mol. The first-order valence-electron chi connectivity index (χ1n) is 3.68. The molecule has 0 amide bonds. The van der Waals surface area contributed by atoms with Crippen LogP contribution in [-0.2, 0) is 6.42 Å². The van der Waals surface area contributed by atoms with Crippen molar-refractivity contribution in [2.45, 2.75) is 13.3 Å². The number of hydrogen-bond donors (Lipinski definition) is 2. The molecule has 2 N–H and O–H groups in total. The molecule has 0 radical (unpaired) electrons. The quantitative estimate of drug-likeness (QED) is 0.398. The molecule has 0 saturated carbocycles. The standard InChI is InChI=1S/C9H11NO2/c1-7(10-12)6-8-4-2-3-5-9(8)11/h2-5,11-12H,6H2,1H3. The summed E-state index contributed by atoms with van der Waals surface area (Å²) in [6, 6.07) is 6.99. The van der Waals surface area contributed by atoms with Crippen LogP contribution < -0.4 is 0 Å². The molecule has 12 heavy (non-hydrogen) atoms. The lowest BCUT2D eigenvalue weighted by atomic mass is 10.1. The Morgan fingerprint density at radius 1 is 1.42 bits per heavy atom. The van der Waals surface area contributed by atoms with Crippen molar-refractivity contribution in [2.24, 2.45) is 5.16 Å². The molecule has 0 aliphatic heterocycles. The van der Waals surface area contributed by atoms with Gasteiger partial charge in [-0.2, -0.15) is 0 Å². The van der Waals surface area contributed by atoms with Gasteiger partial charge in [0, 0.05) is 6.42 Å². The molecule has 0 saturated heterocycles. The molecule has 3 nitrogen and oxygen atoms in total. The zero-order valence-corrected chi connectivity index (χ0v) is 6.86. The van der Waals surface area contributed by atoms with E-state index < -0.39 is 0 Å². The Labute approximate surface area is 71.0 Å². The van der Waals surface area contributed by atoms with Gasteiger partial charge in [0.15, 0.2) is 0 Å². The second kappa shape index (κ2) is 3.76. The van der Waals surface area contributed by atoms with Crippen LogP contribution in [0.4, 0.5) is 0 Å². The van der Waals surface area contributed by atoms with Gasteiger partial charge in [-0.15, -0.1) is 0 Å². The maximum atomic E-state index is 9.32. The number of phenols is 1.